The van der Waals surface area contributed by atoms with Gasteiger partial charge in [-0.2, -0.15) is 11.8 Å². The summed E-state index contributed by atoms with van der Waals surface area (Å²) in [4.78, 5) is 14.8. The molecular weight excluding hydrogens is 244 g/mol. The van der Waals surface area contributed by atoms with Crippen LogP contribution < -0.4 is 5.73 Å². The molecule has 0 aromatic carbocycles. The fraction of sp³-hybridized carbons (Fsp3) is 0.929. The van der Waals surface area contributed by atoms with E-state index in [4.69, 9.17) is 5.73 Å². The standard InChI is InChI=1S/C14H26N2OS/c1-13(2)7-8-16(9-10-18-13)12(17)14(11-15)5-3-4-6-14/h3-11,15H2,1-2H3. The molecule has 2 fully saturated rings. The van der Waals surface area contributed by atoms with Crippen molar-refractivity contribution in [2.24, 2.45) is 11.1 Å². The number of nitrogens with two attached hydrogens (primary N) is 1. The number of amides is 1. The van der Waals surface area contributed by atoms with Gasteiger partial charge in [0.15, 0.2) is 0 Å². The van der Waals surface area contributed by atoms with E-state index in [1.165, 1.54) is 0 Å². The van der Waals surface area contributed by atoms with E-state index < -0.39 is 0 Å². The Morgan fingerprint density at radius 3 is 2.50 bits per heavy atom. The van der Waals surface area contributed by atoms with Crippen LogP contribution >= 0.6 is 11.8 Å². The van der Waals surface area contributed by atoms with Gasteiger partial charge in [-0.05, 0) is 19.3 Å². The number of carbonyl (C=O) groups is 1. The van der Waals surface area contributed by atoms with Crippen molar-refractivity contribution in [1.29, 1.82) is 0 Å². The molecule has 104 valence electrons. The molecule has 0 bridgehead atoms. The minimum atomic E-state index is -0.223. The molecule has 0 aromatic heterocycles. The van der Waals surface area contributed by atoms with Crippen LogP contribution in [0.25, 0.3) is 0 Å². The van der Waals surface area contributed by atoms with Gasteiger partial charge in [0.1, 0.15) is 0 Å². The second kappa shape index (κ2) is 5.41. The van der Waals surface area contributed by atoms with E-state index in [0.717, 1.165) is 50.9 Å². The predicted octanol–water partition coefficient (Wildman–Crippen LogP) is 2.25. The highest BCUT2D eigenvalue weighted by Gasteiger charge is 2.42. The van der Waals surface area contributed by atoms with Crippen molar-refractivity contribution >= 4 is 17.7 Å². The van der Waals surface area contributed by atoms with E-state index in [1.807, 2.05) is 11.8 Å². The van der Waals surface area contributed by atoms with E-state index in [0.29, 0.717) is 17.2 Å². The molecule has 0 radical (unpaired) electrons. The molecule has 1 heterocycles. The Bertz CT molecular complexity index is 311. The second-order valence-corrected chi connectivity index (χ2v) is 8.14. The summed E-state index contributed by atoms with van der Waals surface area (Å²) >= 11 is 1.99. The van der Waals surface area contributed by atoms with Crippen LogP contribution in [0.5, 0.6) is 0 Å². The summed E-state index contributed by atoms with van der Waals surface area (Å²) in [6.45, 7) is 6.88. The maximum absolute atomic E-state index is 12.8. The van der Waals surface area contributed by atoms with Crippen LogP contribution in [0.15, 0.2) is 0 Å². The summed E-state index contributed by atoms with van der Waals surface area (Å²) in [5.74, 6) is 1.39. The lowest BCUT2D eigenvalue weighted by atomic mass is 9.84. The average molecular weight is 270 g/mol. The first kappa shape index (κ1) is 14.2. The molecule has 2 rings (SSSR count). The minimum absolute atomic E-state index is 0.223. The Morgan fingerprint density at radius 1 is 1.22 bits per heavy atom. The van der Waals surface area contributed by atoms with Crippen molar-refractivity contribution in [3.05, 3.63) is 0 Å². The third-order valence-corrected chi connectivity index (χ3v) is 5.90. The molecule has 1 aliphatic carbocycles. The van der Waals surface area contributed by atoms with Gasteiger partial charge in [-0.1, -0.05) is 26.7 Å². The molecule has 0 unspecified atom stereocenters. The van der Waals surface area contributed by atoms with Gasteiger partial charge in [-0.15, -0.1) is 0 Å². The normalized spacial score (nSPS) is 26.9. The molecule has 2 aliphatic rings. The smallest absolute Gasteiger partial charge is 0.230 e. The molecule has 1 saturated heterocycles. The molecule has 0 aromatic rings. The van der Waals surface area contributed by atoms with Crippen LogP contribution in [0.2, 0.25) is 0 Å². The van der Waals surface area contributed by atoms with Crippen molar-refractivity contribution in [1.82, 2.24) is 4.90 Å². The van der Waals surface area contributed by atoms with Gasteiger partial charge in [0.25, 0.3) is 0 Å². The van der Waals surface area contributed by atoms with Gasteiger partial charge < -0.3 is 10.6 Å². The minimum Gasteiger partial charge on any atom is -0.341 e. The third kappa shape index (κ3) is 2.85. The van der Waals surface area contributed by atoms with Gasteiger partial charge in [0.2, 0.25) is 5.91 Å². The number of thioether (sulfide) groups is 1. The van der Waals surface area contributed by atoms with Crippen molar-refractivity contribution in [2.75, 3.05) is 25.4 Å². The van der Waals surface area contributed by atoms with Gasteiger partial charge in [-0.3, -0.25) is 4.79 Å². The molecule has 3 nitrogen and oxygen atoms in total. The maximum atomic E-state index is 12.8. The molecule has 1 amide bonds. The molecule has 4 heteroatoms. The summed E-state index contributed by atoms with van der Waals surface area (Å²) in [6, 6.07) is 0. The van der Waals surface area contributed by atoms with Gasteiger partial charge in [-0.25, -0.2) is 0 Å². The maximum Gasteiger partial charge on any atom is 0.230 e. The van der Waals surface area contributed by atoms with E-state index in [-0.39, 0.29) is 5.41 Å². The van der Waals surface area contributed by atoms with Crippen LogP contribution in [-0.2, 0) is 4.79 Å². The summed E-state index contributed by atoms with van der Waals surface area (Å²) in [7, 11) is 0. The Morgan fingerprint density at radius 2 is 1.89 bits per heavy atom. The van der Waals surface area contributed by atoms with Crippen molar-refractivity contribution in [2.45, 2.75) is 50.7 Å². The van der Waals surface area contributed by atoms with Crippen LogP contribution in [0.1, 0.15) is 46.0 Å². The fourth-order valence-corrected chi connectivity index (χ4v) is 4.22. The van der Waals surface area contributed by atoms with Crippen LogP contribution in [0.3, 0.4) is 0 Å². The zero-order valence-corrected chi connectivity index (χ0v) is 12.5. The lowest BCUT2D eigenvalue weighted by Gasteiger charge is -2.33. The molecule has 0 spiro atoms. The Balaban J connectivity index is 2.04. The topological polar surface area (TPSA) is 46.3 Å². The van der Waals surface area contributed by atoms with E-state index >= 15 is 0 Å². The summed E-state index contributed by atoms with van der Waals surface area (Å²) in [6.07, 6.45) is 5.41. The zero-order chi connectivity index (χ0) is 13.2. The third-order valence-electron chi connectivity index (χ3n) is 4.53. The Hall–Kier alpha value is -0.220. The lowest BCUT2D eigenvalue weighted by molar-refractivity contribution is -0.141. The van der Waals surface area contributed by atoms with Crippen LogP contribution in [0, 0.1) is 5.41 Å². The Kier molecular flexibility index (Phi) is 4.27. The highest BCUT2D eigenvalue weighted by molar-refractivity contribution is 8.00. The molecular formula is C14H26N2OS. The van der Waals surface area contributed by atoms with E-state index in [2.05, 4.69) is 18.7 Å². The summed E-state index contributed by atoms with van der Waals surface area (Å²) < 4.78 is 0.306. The fourth-order valence-electron chi connectivity index (χ4n) is 3.12. The molecule has 1 aliphatic heterocycles. The predicted molar refractivity (Wildman–Crippen MR) is 77.7 cm³/mol. The van der Waals surface area contributed by atoms with Gasteiger partial charge in [0, 0.05) is 30.1 Å². The highest BCUT2D eigenvalue weighted by Crippen LogP contribution is 2.40. The molecule has 18 heavy (non-hydrogen) atoms. The number of hydrogen-bond donors (Lipinski definition) is 1. The van der Waals surface area contributed by atoms with Crippen molar-refractivity contribution < 1.29 is 4.79 Å². The van der Waals surface area contributed by atoms with Crippen molar-refractivity contribution in [3.63, 3.8) is 0 Å². The first-order valence-corrected chi connectivity index (χ1v) is 8.11. The lowest BCUT2D eigenvalue weighted by Crippen LogP contribution is -2.47. The van der Waals surface area contributed by atoms with Crippen LogP contribution in [-0.4, -0.2) is 40.9 Å². The SMILES string of the molecule is CC1(C)CCN(C(=O)C2(CN)CCCC2)CCS1. The monoisotopic (exact) mass is 270 g/mol. The Labute approximate surface area is 115 Å². The quantitative estimate of drug-likeness (QED) is 0.837. The van der Waals surface area contributed by atoms with Gasteiger partial charge in [0.05, 0.1) is 5.41 Å². The van der Waals surface area contributed by atoms with Crippen LogP contribution in [0.4, 0.5) is 0 Å². The summed E-state index contributed by atoms with van der Waals surface area (Å²) in [5, 5.41) is 0. The largest absolute Gasteiger partial charge is 0.341 e. The van der Waals surface area contributed by atoms with Crippen molar-refractivity contribution in [3.8, 4) is 0 Å². The number of hydrogen-bond acceptors (Lipinski definition) is 3. The number of rotatable bonds is 2. The second-order valence-electron chi connectivity index (χ2n) is 6.34. The summed E-state index contributed by atoms with van der Waals surface area (Å²) in [5.41, 5.74) is 5.69. The van der Waals surface area contributed by atoms with E-state index in [1.54, 1.807) is 0 Å². The molecule has 0 atom stereocenters. The number of nitrogens with zero attached hydrogens (tertiary/aromatic N) is 1. The first-order valence-electron chi connectivity index (χ1n) is 7.13. The van der Waals surface area contributed by atoms with Gasteiger partial charge >= 0.3 is 0 Å². The molecule has 1 saturated carbocycles. The molecule has 2 N–H and O–H groups in total. The highest BCUT2D eigenvalue weighted by atomic mass is 32.2. The number of carbonyl (C=O) groups excluding carboxylic acids is 1. The zero-order valence-electron chi connectivity index (χ0n) is 11.7. The average Bonchev–Trinajstić information content (AvgIpc) is 2.75. The first-order chi connectivity index (χ1) is 8.49. The van der Waals surface area contributed by atoms with E-state index in [9.17, 15) is 4.79 Å².